The lowest BCUT2D eigenvalue weighted by atomic mass is 10.0. The van der Waals surface area contributed by atoms with E-state index < -0.39 is 66.3 Å². The van der Waals surface area contributed by atoms with Gasteiger partial charge in [-0.15, -0.1) is 0 Å². The minimum absolute atomic E-state index is 0.0263. The monoisotopic (exact) mass is 1410 g/mol. The first-order chi connectivity index (χ1) is 47.7. The lowest BCUT2D eigenvalue weighted by Gasteiger charge is -2.31. The lowest BCUT2D eigenvalue weighted by Crippen LogP contribution is -2.56. The zero-order valence-electron chi connectivity index (χ0n) is 60.6. The summed E-state index contributed by atoms with van der Waals surface area (Å²) in [5.74, 6) is -1.71. The molecule has 0 aliphatic rings. The maximum atomic E-state index is 12.7. The molecule has 2 amide bonds. The van der Waals surface area contributed by atoms with Gasteiger partial charge in [-0.1, -0.05) is 70.2 Å². The van der Waals surface area contributed by atoms with Gasteiger partial charge in [-0.05, 0) is 101 Å². The summed E-state index contributed by atoms with van der Waals surface area (Å²) in [6.45, 7) is 20.2. The predicted octanol–water partition coefficient (Wildman–Crippen LogP) is -3.54. The first kappa shape index (κ1) is 90.1. The van der Waals surface area contributed by atoms with Crippen LogP contribution in [0.4, 0.5) is 0 Å². The Morgan fingerprint density at radius 1 is 0.480 bits per heavy atom. The number of hydrogen-bond acceptors (Lipinski definition) is 23. The van der Waals surface area contributed by atoms with Crippen LogP contribution in [0, 0.1) is 18.9 Å². The third-order valence-corrected chi connectivity index (χ3v) is 17.5. The van der Waals surface area contributed by atoms with Gasteiger partial charge < -0.3 is 134 Å². The molecule has 2 aromatic rings. The average molecular weight is 1410 g/mol. The number of amides is 2. The molecular weight excluding hydrogens is 1280 g/mol. The summed E-state index contributed by atoms with van der Waals surface area (Å²) < 4.78 is 0. The van der Waals surface area contributed by atoms with Crippen LogP contribution in [-0.2, 0) is 32.0 Å². The second kappa shape index (κ2) is 53.8. The van der Waals surface area contributed by atoms with E-state index in [1.807, 2.05) is 37.3 Å². The van der Waals surface area contributed by atoms with Gasteiger partial charge in [0, 0.05) is 184 Å². The molecule has 30 N–H and O–H groups in total. The molecule has 0 spiro atoms. The molecule has 0 fully saturated rings. The molecule has 0 aliphatic carbocycles. The van der Waals surface area contributed by atoms with E-state index in [0.29, 0.717) is 104 Å². The van der Waals surface area contributed by atoms with Gasteiger partial charge in [0.1, 0.15) is 5.75 Å². The fourth-order valence-corrected chi connectivity index (χ4v) is 11.6. The van der Waals surface area contributed by atoms with Crippen LogP contribution < -0.4 is 103 Å². The van der Waals surface area contributed by atoms with Crippen molar-refractivity contribution in [3.8, 4) is 5.75 Å². The Balaban J connectivity index is 2.25. The van der Waals surface area contributed by atoms with Crippen LogP contribution in [0.25, 0.3) is 0 Å². The number of aliphatic hydroxyl groups is 3. The smallest absolute Gasteiger partial charge is 0.304 e. The molecule has 0 aromatic heterocycles. The van der Waals surface area contributed by atoms with Gasteiger partial charge in [0.2, 0.25) is 12.3 Å². The van der Waals surface area contributed by atoms with Crippen molar-refractivity contribution in [2.24, 2.45) is 50.5 Å². The minimum atomic E-state index is -1.04. The molecule has 0 aliphatic heterocycles. The van der Waals surface area contributed by atoms with Gasteiger partial charge in [-0.25, -0.2) is 0 Å². The highest BCUT2D eigenvalue weighted by Gasteiger charge is 2.27. The summed E-state index contributed by atoms with van der Waals surface area (Å²) in [6.07, 6.45) is 3.53. The molecule has 15 atom stereocenters. The van der Waals surface area contributed by atoms with E-state index in [4.69, 9.17) is 35.7 Å². The molecule has 0 bridgehead atoms. The number of carbonyl (C=O) groups is 4. The van der Waals surface area contributed by atoms with Gasteiger partial charge in [0.15, 0.2) is 11.9 Å². The Morgan fingerprint density at radius 3 is 1.35 bits per heavy atom. The number of benzene rings is 2. The molecule has 2 rings (SSSR count). The highest BCUT2D eigenvalue weighted by atomic mass is 16.4. The molecule has 0 heterocycles. The Bertz CT molecular complexity index is 2510. The quantitative estimate of drug-likeness (QED) is 0.0100. The topological polar surface area (TPSA) is 513 Å². The number of nitrogens with zero attached hydrogens (tertiary/aromatic N) is 2. The number of guanidine groups is 2. The molecular formula is C69H131N21O10. The number of nitrogens with two attached hydrogens (primary N) is 5. The van der Waals surface area contributed by atoms with Gasteiger partial charge in [-0.2, -0.15) is 0 Å². The second-order valence-electron chi connectivity index (χ2n) is 27.4. The Hall–Kier alpha value is -5.98. The molecule has 2 radical (unpaired) electrons. The molecule has 0 unspecified atom stereocenters. The van der Waals surface area contributed by atoms with Crippen molar-refractivity contribution in [2.75, 3.05) is 105 Å². The Labute approximate surface area is 595 Å². The van der Waals surface area contributed by atoms with Gasteiger partial charge in [-0.3, -0.25) is 29.2 Å². The number of rotatable bonds is 64. The number of aliphatic hydroxyl groups excluding tert-OH is 3. The normalized spacial score (nSPS) is 16.4. The van der Waals surface area contributed by atoms with Crippen molar-refractivity contribution >= 4 is 36.2 Å². The SMILES string of the molecule is [CH]NC[C@H](CCCN=C(N)N)NC[C@H](CC(C)C)NC[C@H](CCCN=C(N)N)NC[C@@H](NC[C@H](Cc1ccc(O)cc1)NC[C@H](CC(N)=O)NC[C@H](CC(=O)O)NC[C@@H](NC[C@H](Cc1ccccc1)NC[C@@H](NC[C@H](C)NC[C@H](CC(=O)O)NC[C@H](CO)NC=O)C(C)C)[C@@H](C)O)[C@@H](C)O. The van der Waals surface area contributed by atoms with Crippen LogP contribution in [-0.4, -0.2) is 262 Å². The van der Waals surface area contributed by atoms with Crippen LogP contribution in [0.3, 0.4) is 0 Å². The zero-order chi connectivity index (χ0) is 74.2. The number of aromatic hydroxyl groups is 1. The van der Waals surface area contributed by atoms with Crippen LogP contribution in [0.2, 0.25) is 0 Å². The van der Waals surface area contributed by atoms with E-state index in [1.54, 1.807) is 26.0 Å². The van der Waals surface area contributed by atoms with Crippen LogP contribution in [0.15, 0.2) is 64.6 Å². The van der Waals surface area contributed by atoms with Crippen molar-refractivity contribution in [3.05, 3.63) is 72.8 Å². The van der Waals surface area contributed by atoms with E-state index in [2.05, 4.69) is 124 Å². The summed E-state index contributed by atoms with van der Waals surface area (Å²) >= 11 is 0. The average Bonchev–Trinajstić information content (AvgIpc) is 0.945. The standard InChI is InChI=1S/C69H131N21O10/c1-45(2)24-54(34-79-52(31-75-8)16-12-22-76-68(71)72)80-32-53(17-13-23-77-69(73)74)84-41-63(48(6)93)88-37-55(26-51-18-20-61(95)21-19-51)81-35-57(27-65(70)96)82-36-59(29-67(99)100)86-42-64(49(7)94)89-38-56(25-50-14-10-9-11-15-50)85-40-62(46(3)4)87-30-47(5)78-33-58(28-66(97)98)83-39-60(43-91)90-44-92/h8-11,14-15,18-21,44-49,52-60,62-64,75,78-89,91,93-95H,12-13,16-17,22-43H2,1-7H3,(H2,70,96)(H,90,92)(H,97,98)(H,99,100)(H4,71,72,76)(H4,73,74,77)/t47-,48+,49+,52-,53-,54-,55-,56-,57-,58-,59-,60+,62+,63+,64+/m0/s1. The molecule has 100 heavy (non-hydrogen) atoms. The maximum absolute atomic E-state index is 12.7. The number of primary amides is 1. The highest BCUT2D eigenvalue weighted by Crippen LogP contribution is 2.14. The largest absolute Gasteiger partial charge is 0.508 e. The molecule has 31 heteroatoms. The highest BCUT2D eigenvalue weighted by molar-refractivity contribution is 5.76. The molecule has 0 saturated heterocycles. The number of carboxylic acid groups (broad SMARTS) is 2. The third-order valence-electron chi connectivity index (χ3n) is 17.5. The van der Waals surface area contributed by atoms with E-state index in [0.717, 1.165) is 36.8 Å². The van der Waals surface area contributed by atoms with E-state index in [1.165, 1.54) is 0 Å². The Morgan fingerprint density at radius 2 is 0.880 bits per heavy atom. The molecule has 2 aromatic carbocycles. The first-order valence-electron chi connectivity index (χ1n) is 35.7. The zero-order valence-corrected chi connectivity index (χ0v) is 60.6. The molecule has 0 saturated carbocycles. The summed E-state index contributed by atoms with van der Waals surface area (Å²) in [4.78, 5) is 56.1. The molecule has 572 valence electrons. The summed E-state index contributed by atoms with van der Waals surface area (Å²) in [5.41, 5.74) is 30.3. The van der Waals surface area contributed by atoms with Crippen molar-refractivity contribution in [2.45, 2.75) is 203 Å². The third kappa shape index (κ3) is 45.1. The number of hydrogen-bond donors (Lipinski definition) is 25. The number of carbonyl (C=O) groups excluding carboxylic acids is 2. The number of carboxylic acids is 2. The number of phenols is 1. The van der Waals surface area contributed by atoms with Crippen LogP contribution in [0.1, 0.15) is 111 Å². The van der Waals surface area contributed by atoms with E-state index in [9.17, 15) is 49.8 Å². The second-order valence-corrected chi connectivity index (χ2v) is 27.4. The van der Waals surface area contributed by atoms with Gasteiger partial charge in [0.25, 0.3) is 0 Å². The minimum Gasteiger partial charge on any atom is -0.508 e. The fourth-order valence-electron chi connectivity index (χ4n) is 11.6. The number of nitrogens with one attached hydrogen (secondary N) is 14. The van der Waals surface area contributed by atoms with Crippen LogP contribution in [0.5, 0.6) is 5.75 Å². The molecule has 31 nitrogen and oxygen atoms in total. The fraction of sp³-hybridized carbons (Fsp3) is 0.725. The van der Waals surface area contributed by atoms with Crippen molar-refractivity contribution < 1.29 is 49.8 Å². The van der Waals surface area contributed by atoms with E-state index >= 15 is 0 Å². The van der Waals surface area contributed by atoms with Crippen molar-refractivity contribution in [1.82, 2.24) is 74.4 Å². The maximum Gasteiger partial charge on any atom is 0.304 e. The van der Waals surface area contributed by atoms with Crippen molar-refractivity contribution in [1.29, 1.82) is 0 Å². The van der Waals surface area contributed by atoms with Crippen molar-refractivity contribution in [3.63, 3.8) is 0 Å². The lowest BCUT2D eigenvalue weighted by molar-refractivity contribution is -0.138. The van der Waals surface area contributed by atoms with Gasteiger partial charge in [0.05, 0.1) is 37.7 Å². The number of aliphatic imine (C=N–C) groups is 2. The number of phenolic OH excluding ortho intramolecular Hbond substituents is 1. The predicted molar refractivity (Wildman–Crippen MR) is 397 cm³/mol. The summed E-state index contributed by atoms with van der Waals surface area (Å²) in [7, 11) is 5.77. The van der Waals surface area contributed by atoms with Crippen LogP contribution >= 0.6 is 0 Å². The summed E-state index contributed by atoms with van der Waals surface area (Å²) in [6, 6.07) is 13.7. The first-order valence-corrected chi connectivity index (χ1v) is 35.7. The Kier molecular flexibility index (Phi) is 48.5. The van der Waals surface area contributed by atoms with Gasteiger partial charge >= 0.3 is 11.9 Å². The summed E-state index contributed by atoms with van der Waals surface area (Å²) in [5, 5.41) is 110. The van der Waals surface area contributed by atoms with E-state index in [-0.39, 0.29) is 118 Å². The number of aliphatic carboxylic acids is 2.